The van der Waals surface area contributed by atoms with Crippen LogP contribution in [-0.4, -0.2) is 16.4 Å². The van der Waals surface area contributed by atoms with E-state index in [0.717, 1.165) is 10.8 Å². The topological polar surface area (TPSA) is 50.2 Å². The summed E-state index contributed by atoms with van der Waals surface area (Å²) in [5, 5.41) is 15.0. The third-order valence-electron chi connectivity index (χ3n) is 3.01. The minimum Gasteiger partial charge on any atom is -0.259 e. The first-order valence-electron chi connectivity index (χ1n) is 6.31. The highest BCUT2D eigenvalue weighted by Gasteiger charge is 2.06. The van der Waals surface area contributed by atoms with Gasteiger partial charge in [-0.1, -0.05) is 65.1 Å². The number of fused-ring (bicyclic) bond motifs is 1. The van der Waals surface area contributed by atoms with Crippen molar-refractivity contribution in [1.82, 2.24) is 10.2 Å². The monoisotopic (exact) mass is 350 g/mol. The van der Waals surface area contributed by atoms with Gasteiger partial charge in [0.2, 0.25) is 0 Å². The lowest BCUT2D eigenvalue weighted by Crippen LogP contribution is -1.98. The average molecular weight is 352 g/mol. The molecule has 0 aliphatic heterocycles. The maximum atomic E-state index is 6.08. The van der Waals surface area contributed by atoms with E-state index in [9.17, 15) is 0 Å². The summed E-state index contributed by atoms with van der Waals surface area (Å²) < 4.78 is 0. The average Bonchev–Trinajstić information content (AvgIpc) is 2.52. The van der Waals surface area contributed by atoms with E-state index in [1.165, 1.54) is 6.21 Å². The first-order valence-corrected chi connectivity index (χ1v) is 7.44. The Bertz CT molecular complexity index is 844. The second kappa shape index (κ2) is 6.48. The zero-order chi connectivity index (χ0) is 15.5. The van der Waals surface area contributed by atoms with Crippen LogP contribution < -0.4 is 5.43 Å². The molecule has 0 atom stereocenters. The molecule has 0 bridgehead atoms. The molecule has 22 heavy (non-hydrogen) atoms. The number of nitrogens with one attached hydrogen (secondary N) is 1. The van der Waals surface area contributed by atoms with Crippen LogP contribution in [-0.2, 0) is 0 Å². The van der Waals surface area contributed by atoms with Crippen molar-refractivity contribution in [2.24, 2.45) is 5.10 Å². The van der Waals surface area contributed by atoms with Crippen LogP contribution in [0.2, 0.25) is 15.2 Å². The number of nitrogens with zero attached hydrogens (tertiary/aromatic N) is 3. The number of aromatic nitrogens is 2. The summed E-state index contributed by atoms with van der Waals surface area (Å²) in [4.78, 5) is 0. The van der Waals surface area contributed by atoms with Crippen molar-refractivity contribution in [1.29, 1.82) is 0 Å². The van der Waals surface area contributed by atoms with Gasteiger partial charge in [-0.25, -0.2) is 0 Å². The van der Waals surface area contributed by atoms with Crippen molar-refractivity contribution in [3.8, 4) is 0 Å². The summed E-state index contributed by atoms with van der Waals surface area (Å²) in [5.74, 6) is 0.499. The Morgan fingerprint density at radius 2 is 1.55 bits per heavy atom. The lowest BCUT2D eigenvalue weighted by Gasteiger charge is -2.05. The summed E-state index contributed by atoms with van der Waals surface area (Å²) in [6.07, 6.45) is 1.54. The van der Waals surface area contributed by atoms with Gasteiger partial charge in [-0.05, 0) is 12.1 Å². The summed E-state index contributed by atoms with van der Waals surface area (Å²) in [7, 11) is 0. The van der Waals surface area contributed by atoms with E-state index in [4.69, 9.17) is 34.8 Å². The summed E-state index contributed by atoms with van der Waals surface area (Å²) >= 11 is 18.2. The van der Waals surface area contributed by atoms with Crippen LogP contribution >= 0.6 is 34.8 Å². The van der Waals surface area contributed by atoms with Crippen molar-refractivity contribution in [3.63, 3.8) is 0 Å². The number of halogens is 3. The zero-order valence-electron chi connectivity index (χ0n) is 11.1. The van der Waals surface area contributed by atoms with E-state index in [-0.39, 0.29) is 0 Å². The van der Waals surface area contributed by atoms with Gasteiger partial charge in [0, 0.05) is 16.3 Å². The van der Waals surface area contributed by atoms with Gasteiger partial charge in [-0.2, -0.15) is 5.10 Å². The Morgan fingerprint density at radius 1 is 0.864 bits per heavy atom. The molecule has 0 amide bonds. The Labute approximate surface area is 141 Å². The van der Waals surface area contributed by atoms with Gasteiger partial charge in [-0.15, -0.1) is 10.2 Å². The van der Waals surface area contributed by atoms with E-state index in [2.05, 4.69) is 20.7 Å². The Morgan fingerprint density at radius 3 is 2.27 bits per heavy atom. The van der Waals surface area contributed by atoms with Gasteiger partial charge in [0.05, 0.1) is 16.3 Å². The van der Waals surface area contributed by atoms with Crippen LogP contribution in [0.5, 0.6) is 0 Å². The van der Waals surface area contributed by atoms with E-state index >= 15 is 0 Å². The minimum atomic E-state index is 0.347. The highest BCUT2D eigenvalue weighted by atomic mass is 35.5. The molecule has 0 aliphatic carbocycles. The van der Waals surface area contributed by atoms with Gasteiger partial charge in [0.15, 0.2) is 11.0 Å². The third kappa shape index (κ3) is 2.99. The standard InChI is InChI=1S/C15H9Cl3N4/c16-12-6-3-7-13(17)11(12)8-19-21-15-10-5-2-1-4-9(10)14(18)20-22-15/h1-8H,(H,21,22)/b19-8+. The van der Waals surface area contributed by atoms with Crippen LogP contribution in [0.4, 0.5) is 5.82 Å². The van der Waals surface area contributed by atoms with Crippen LogP contribution in [0.1, 0.15) is 5.56 Å². The molecule has 0 aliphatic rings. The fraction of sp³-hybridized carbons (Fsp3) is 0. The van der Waals surface area contributed by atoms with Gasteiger partial charge >= 0.3 is 0 Å². The highest BCUT2D eigenvalue weighted by molar-refractivity contribution is 6.38. The molecular formula is C15H9Cl3N4. The van der Waals surface area contributed by atoms with E-state index < -0.39 is 0 Å². The molecular weight excluding hydrogens is 343 g/mol. The number of anilines is 1. The number of benzene rings is 2. The van der Waals surface area contributed by atoms with Crippen LogP contribution in [0.25, 0.3) is 10.8 Å². The first kappa shape index (κ1) is 15.0. The number of hydrogen-bond donors (Lipinski definition) is 1. The lowest BCUT2D eigenvalue weighted by molar-refractivity contribution is 1.04. The van der Waals surface area contributed by atoms with Gasteiger partial charge in [0.1, 0.15) is 0 Å². The molecule has 3 rings (SSSR count). The van der Waals surface area contributed by atoms with Crippen LogP contribution in [0.3, 0.4) is 0 Å². The molecule has 1 aromatic heterocycles. The predicted molar refractivity (Wildman–Crippen MR) is 92.2 cm³/mol. The quantitative estimate of drug-likeness (QED) is 0.531. The molecule has 4 nitrogen and oxygen atoms in total. The Hall–Kier alpha value is -1.88. The van der Waals surface area contributed by atoms with E-state index in [1.807, 2.05) is 24.3 Å². The zero-order valence-corrected chi connectivity index (χ0v) is 13.4. The molecule has 1 heterocycles. The number of hydrogen-bond acceptors (Lipinski definition) is 4. The second-order valence-corrected chi connectivity index (χ2v) is 5.56. The van der Waals surface area contributed by atoms with Gasteiger partial charge in [0.25, 0.3) is 0 Å². The van der Waals surface area contributed by atoms with Crippen molar-refractivity contribution in [3.05, 3.63) is 63.2 Å². The SMILES string of the molecule is Clc1cccc(Cl)c1/C=N/Nc1nnc(Cl)c2ccccc12. The predicted octanol–water partition coefficient (Wildman–Crippen LogP) is 5.04. The number of hydrazone groups is 1. The van der Waals surface area contributed by atoms with Gasteiger partial charge in [-0.3, -0.25) is 5.43 Å². The molecule has 0 fully saturated rings. The Kier molecular flexibility index (Phi) is 4.43. The maximum absolute atomic E-state index is 6.08. The van der Waals surface area contributed by atoms with E-state index in [1.54, 1.807) is 18.2 Å². The smallest absolute Gasteiger partial charge is 0.176 e. The van der Waals surface area contributed by atoms with Crippen LogP contribution in [0, 0.1) is 0 Å². The largest absolute Gasteiger partial charge is 0.259 e. The molecule has 110 valence electrons. The first-order chi connectivity index (χ1) is 10.7. The van der Waals surface area contributed by atoms with Crippen molar-refractivity contribution in [2.45, 2.75) is 0 Å². The molecule has 2 aromatic carbocycles. The fourth-order valence-corrected chi connectivity index (χ4v) is 2.64. The molecule has 0 spiro atoms. The highest BCUT2D eigenvalue weighted by Crippen LogP contribution is 2.26. The molecule has 0 radical (unpaired) electrons. The number of rotatable bonds is 3. The minimum absolute atomic E-state index is 0.347. The summed E-state index contributed by atoms with van der Waals surface area (Å²) in [6, 6.07) is 12.8. The Balaban J connectivity index is 1.92. The summed E-state index contributed by atoms with van der Waals surface area (Å²) in [5.41, 5.74) is 3.47. The van der Waals surface area contributed by atoms with Crippen molar-refractivity contribution >= 4 is 57.6 Å². The molecule has 3 aromatic rings. The van der Waals surface area contributed by atoms with Crippen molar-refractivity contribution < 1.29 is 0 Å². The van der Waals surface area contributed by atoms with Crippen LogP contribution in [0.15, 0.2) is 47.6 Å². The second-order valence-electron chi connectivity index (χ2n) is 4.39. The van der Waals surface area contributed by atoms with Gasteiger partial charge < -0.3 is 0 Å². The fourth-order valence-electron chi connectivity index (χ4n) is 1.95. The van der Waals surface area contributed by atoms with E-state index in [0.29, 0.717) is 26.6 Å². The normalized spacial score (nSPS) is 11.2. The lowest BCUT2D eigenvalue weighted by atomic mass is 10.2. The third-order valence-corrected chi connectivity index (χ3v) is 3.94. The molecule has 7 heteroatoms. The summed E-state index contributed by atoms with van der Waals surface area (Å²) in [6.45, 7) is 0. The maximum Gasteiger partial charge on any atom is 0.176 e. The molecule has 1 N–H and O–H groups in total. The van der Waals surface area contributed by atoms with Crippen molar-refractivity contribution in [2.75, 3.05) is 5.43 Å². The molecule has 0 saturated carbocycles. The molecule has 0 saturated heterocycles. The molecule has 0 unspecified atom stereocenters.